The molecule has 1 N–H and O–H groups in total. The van der Waals surface area contributed by atoms with Crippen LogP contribution in [-0.2, 0) is 24.7 Å². The smallest absolute Gasteiger partial charge is 0.322 e. The number of hydrogen-bond donors (Lipinski definition) is 1. The molecule has 0 aliphatic carbocycles. The zero-order valence-corrected chi connectivity index (χ0v) is 19.4. The summed E-state index contributed by atoms with van der Waals surface area (Å²) in [5.74, 6) is -0.658. The van der Waals surface area contributed by atoms with E-state index >= 15 is 0 Å². The minimum atomic E-state index is -3.53. The van der Waals surface area contributed by atoms with Crippen LogP contribution in [-0.4, -0.2) is 56.6 Å². The maximum absolute atomic E-state index is 12.6. The average molecular weight is 497 g/mol. The van der Waals surface area contributed by atoms with Gasteiger partial charge in [-0.05, 0) is 42.5 Å². The molecule has 1 saturated heterocycles. The Kier molecular flexibility index (Phi) is 6.16. The molecule has 0 bridgehead atoms. The molecule has 2 aromatic heterocycles. The molecule has 10 nitrogen and oxygen atoms in total. The molecule has 0 saturated carbocycles. The van der Waals surface area contributed by atoms with Crippen molar-refractivity contribution in [2.24, 2.45) is 5.92 Å². The lowest BCUT2D eigenvalue weighted by atomic mass is 9.97. The number of sulfone groups is 1. The molecule has 13 heteroatoms. The minimum Gasteiger partial charge on any atom is -0.403 e. The van der Waals surface area contributed by atoms with Crippen LogP contribution in [0.1, 0.15) is 12.8 Å². The molecule has 1 fully saturated rings. The fourth-order valence-corrected chi connectivity index (χ4v) is 6.63. The number of anilines is 1. The molecule has 0 unspecified atom stereocenters. The number of hydrogen-bond acceptors (Lipinski definition) is 9. The van der Waals surface area contributed by atoms with Crippen LogP contribution in [0.5, 0.6) is 0 Å². The molecular weight excluding hydrogens is 476 g/mol. The molecule has 1 aromatic carbocycles. The number of amides is 1. The number of sulfonamides is 1. The monoisotopic (exact) mass is 496 g/mol. The summed E-state index contributed by atoms with van der Waals surface area (Å²) >= 11 is 1.17. The molecule has 1 amide bonds. The summed E-state index contributed by atoms with van der Waals surface area (Å²) in [5, 5.41) is 11.9. The van der Waals surface area contributed by atoms with Gasteiger partial charge in [-0.3, -0.25) is 10.1 Å². The summed E-state index contributed by atoms with van der Waals surface area (Å²) in [6.45, 7) is 0.484. The van der Waals surface area contributed by atoms with E-state index in [9.17, 15) is 21.6 Å². The maximum atomic E-state index is 12.6. The number of benzene rings is 1. The van der Waals surface area contributed by atoms with E-state index in [-0.39, 0.29) is 35.8 Å². The first kappa shape index (κ1) is 22.6. The van der Waals surface area contributed by atoms with Gasteiger partial charge in [0.25, 0.3) is 10.0 Å². The molecule has 0 spiro atoms. The lowest BCUT2D eigenvalue weighted by Gasteiger charge is -2.29. The Morgan fingerprint density at radius 1 is 1.12 bits per heavy atom. The van der Waals surface area contributed by atoms with Crippen LogP contribution < -0.4 is 5.32 Å². The molecular formula is C19H20N4O6S3. The van der Waals surface area contributed by atoms with Gasteiger partial charge in [0, 0.05) is 30.8 Å². The molecule has 1 aliphatic heterocycles. The molecule has 0 radical (unpaired) electrons. The third-order valence-corrected chi connectivity index (χ3v) is 9.46. The Morgan fingerprint density at radius 2 is 1.88 bits per heavy atom. The normalized spacial score (nSPS) is 16.2. The number of carbonyl (C=O) groups excluding carboxylic acids is 1. The molecule has 32 heavy (non-hydrogen) atoms. The van der Waals surface area contributed by atoms with Gasteiger partial charge in [0.1, 0.15) is 4.21 Å². The average Bonchev–Trinajstić information content (AvgIpc) is 3.46. The van der Waals surface area contributed by atoms with E-state index in [0.29, 0.717) is 22.6 Å². The number of nitrogens with zero attached hydrogens (tertiary/aromatic N) is 3. The van der Waals surface area contributed by atoms with Crippen molar-refractivity contribution in [3.05, 3.63) is 41.8 Å². The molecule has 1 aliphatic rings. The first-order valence-electron chi connectivity index (χ1n) is 9.63. The highest BCUT2D eigenvalue weighted by Gasteiger charge is 2.33. The highest BCUT2D eigenvalue weighted by Crippen LogP contribution is 2.27. The quantitative estimate of drug-likeness (QED) is 0.548. The van der Waals surface area contributed by atoms with E-state index in [1.54, 1.807) is 29.6 Å². The Labute approximate surface area is 189 Å². The third-order valence-electron chi connectivity index (χ3n) is 5.08. The van der Waals surface area contributed by atoms with Crippen molar-refractivity contribution in [2.45, 2.75) is 21.9 Å². The van der Waals surface area contributed by atoms with Gasteiger partial charge in [-0.1, -0.05) is 17.2 Å². The van der Waals surface area contributed by atoms with Gasteiger partial charge in [-0.25, -0.2) is 16.8 Å². The minimum absolute atomic E-state index is 0.0719. The zero-order valence-electron chi connectivity index (χ0n) is 17.0. The molecule has 4 rings (SSSR count). The van der Waals surface area contributed by atoms with Crippen molar-refractivity contribution in [1.29, 1.82) is 0 Å². The maximum Gasteiger partial charge on any atom is 0.322 e. The second-order valence-corrected chi connectivity index (χ2v) is 12.4. The SMILES string of the molecule is CS(=O)(=O)c1cccc(-c2nnc(NC(=O)C3CCN(S(=O)(=O)c4cccs4)CC3)o2)c1. The number of thiophene rings is 1. The van der Waals surface area contributed by atoms with Gasteiger partial charge in [0.15, 0.2) is 9.84 Å². The predicted molar refractivity (Wildman–Crippen MR) is 117 cm³/mol. The van der Waals surface area contributed by atoms with Gasteiger partial charge in [0.05, 0.1) is 4.90 Å². The summed E-state index contributed by atoms with van der Waals surface area (Å²) in [4.78, 5) is 12.7. The van der Waals surface area contributed by atoms with Crippen LogP contribution in [0.15, 0.2) is 55.3 Å². The topological polar surface area (TPSA) is 140 Å². The molecule has 170 valence electrons. The first-order valence-corrected chi connectivity index (χ1v) is 13.8. The van der Waals surface area contributed by atoms with Gasteiger partial charge >= 0.3 is 6.01 Å². The van der Waals surface area contributed by atoms with Crippen LogP contribution in [0.4, 0.5) is 6.01 Å². The van der Waals surface area contributed by atoms with Crippen molar-refractivity contribution >= 4 is 43.1 Å². The van der Waals surface area contributed by atoms with Gasteiger partial charge in [-0.2, -0.15) is 4.31 Å². The number of carbonyl (C=O) groups is 1. The third kappa shape index (κ3) is 4.75. The van der Waals surface area contributed by atoms with Gasteiger partial charge in [-0.15, -0.1) is 16.4 Å². The lowest BCUT2D eigenvalue weighted by molar-refractivity contribution is -0.121. The van der Waals surface area contributed by atoms with Crippen molar-refractivity contribution < 1.29 is 26.0 Å². The van der Waals surface area contributed by atoms with E-state index in [0.717, 1.165) is 6.26 Å². The Balaban J connectivity index is 1.38. The molecule has 0 atom stereocenters. The van der Waals surface area contributed by atoms with E-state index in [4.69, 9.17) is 4.42 Å². The second kappa shape index (κ2) is 8.73. The first-order chi connectivity index (χ1) is 15.1. The largest absolute Gasteiger partial charge is 0.403 e. The van der Waals surface area contributed by atoms with Gasteiger partial charge in [0.2, 0.25) is 11.8 Å². The molecule has 3 aromatic rings. The van der Waals surface area contributed by atoms with Crippen molar-refractivity contribution in [1.82, 2.24) is 14.5 Å². The summed E-state index contributed by atoms with van der Waals surface area (Å²) in [7, 11) is -6.93. The van der Waals surface area contributed by atoms with Crippen LogP contribution in [0, 0.1) is 5.92 Å². The van der Waals surface area contributed by atoms with Crippen LogP contribution in [0.3, 0.4) is 0 Å². The van der Waals surface area contributed by atoms with Crippen molar-refractivity contribution in [3.63, 3.8) is 0 Å². The lowest BCUT2D eigenvalue weighted by Crippen LogP contribution is -2.41. The zero-order chi connectivity index (χ0) is 22.9. The standard InChI is InChI=1S/C19H20N4O6S3/c1-31(25,26)15-5-2-4-14(12-15)18-21-22-19(29-18)20-17(24)13-7-9-23(10-8-13)32(27,28)16-6-3-11-30-16/h2-6,11-13H,7-10H2,1H3,(H,20,22,24). The summed E-state index contributed by atoms with van der Waals surface area (Å²) in [6, 6.07) is 9.21. The van der Waals surface area contributed by atoms with E-state index in [1.165, 1.54) is 27.8 Å². The number of nitrogens with one attached hydrogen (secondary N) is 1. The second-order valence-electron chi connectivity index (χ2n) is 7.31. The fourth-order valence-electron chi connectivity index (χ4n) is 3.35. The Bertz CT molecular complexity index is 1320. The predicted octanol–water partition coefficient (Wildman–Crippen LogP) is 2.24. The number of aromatic nitrogens is 2. The molecule has 3 heterocycles. The highest BCUT2D eigenvalue weighted by atomic mass is 32.2. The summed E-state index contributed by atoms with van der Waals surface area (Å²) in [5.41, 5.74) is 0.410. The van der Waals surface area contributed by atoms with E-state index in [2.05, 4.69) is 15.5 Å². The van der Waals surface area contributed by atoms with Crippen molar-refractivity contribution in [2.75, 3.05) is 24.7 Å². The summed E-state index contributed by atoms with van der Waals surface area (Å²) < 4.78 is 55.8. The summed E-state index contributed by atoms with van der Waals surface area (Å²) in [6.07, 6.45) is 1.84. The van der Waals surface area contributed by atoms with E-state index in [1.807, 2.05) is 0 Å². The van der Waals surface area contributed by atoms with Crippen molar-refractivity contribution in [3.8, 4) is 11.5 Å². The number of rotatable bonds is 6. The van der Waals surface area contributed by atoms with Crippen LogP contribution in [0.25, 0.3) is 11.5 Å². The fraction of sp³-hybridized carbons (Fsp3) is 0.316. The van der Waals surface area contributed by atoms with E-state index < -0.39 is 25.8 Å². The van der Waals surface area contributed by atoms with Crippen LogP contribution >= 0.6 is 11.3 Å². The highest BCUT2D eigenvalue weighted by molar-refractivity contribution is 7.91. The number of piperidine rings is 1. The Hall–Kier alpha value is -2.61. The van der Waals surface area contributed by atoms with Gasteiger partial charge < -0.3 is 4.42 Å². The Morgan fingerprint density at radius 3 is 2.53 bits per heavy atom. The van der Waals surface area contributed by atoms with Crippen LogP contribution in [0.2, 0.25) is 0 Å².